The van der Waals surface area contributed by atoms with Crippen LogP contribution >= 0.6 is 0 Å². The lowest BCUT2D eigenvalue weighted by molar-refractivity contribution is 0.0483. The fraction of sp³-hybridized carbons (Fsp3) is 0.526. The highest BCUT2D eigenvalue weighted by Crippen LogP contribution is 2.36. The molecule has 1 aromatic rings. The zero-order valence-electron chi connectivity index (χ0n) is 14.4. The van der Waals surface area contributed by atoms with Gasteiger partial charge in [-0.15, -0.1) is 6.58 Å². The van der Waals surface area contributed by atoms with Gasteiger partial charge in [-0.2, -0.15) is 0 Å². The second-order valence-electron chi connectivity index (χ2n) is 6.21. The van der Waals surface area contributed by atoms with Gasteiger partial charge >= 0.3 is 0 Å². The Morgan fingerprint density at radius 1 is 1.48 bits per heavy atom. The third kappa shape index (κ3) is 4.35. The van der Waals surface area contributed by atoms with Crippen molar-refractivity contribution >= 4 is 5.96 Å². The zero-order chi connectivity index (χ0) is 16.7. The Bertz CT molecular complexity index is 555. The molecule has 2 N–H and O–H groups in total. The number of aryl methyl sites for hydroxylation is 1. The van der Waals surface area contributed by atoms with Crippen molar-refractivity contribution < 1.29 is 5.11 Å². The molecular formula is C19H29N3O. The van der Waals surface area contributed by atoms with Gasteiger partial charge in [-0.25, -0.2) is 4.99 Å². The number of aliphatic imine (C=N–C) groups is 1. The molecule has 0 aliphatic heterocycles. The summed E-state index contributed by atoms with van der Waals surface area (Å²) in [5.41, 5.74) is 1.45. The number of nitrogens with one attached hydrogen (secondary N) is 1. The van der Waals surface area contributed by atoms with Crippen LogP contribution in [0.15, 0.2) is 41.9 Å². The molecule has 4 nitrogen and oxygen atoms in total. The van der Waals surface area contributed by atoms with Crippen molar-refractivity contribution in [3.63, 3.8) is 0 Å². The number of hydrogen-bond acceptors (Lipinski definition) is 2. The Morgan fingerprint density at radius 2 is 2.26 bits per heavy atom. The Labute approximate surface area is 139 Å². The number of aliphatic hydroxyl groups is 1. The summed E-state index contributed by atoms with van der Waals surface area (Å²) in [5.74, 6) is 0.856. The molecule has 0 bridgehead atoms. The van der Waals surface area contributed by atoms with Crippen LogP contribution in [0.3, 0.4) is 0 Å². The predicted molar refractivity (Wildman–Crippen MR) is 96.7 cm³/mol. The predicted octanol–water partition coefficient (Wildman–Crippen LogP) is 2.68. The molecule has 0 saturated heterocycles. The number of benzene rings is 1. The van der Waals surface area contributed by atoms with Crippen molar-refractivity contribution in [1.29, 1.82) is 0 Å². The van der Waals surface area contributed by atoms with Gasteiger partial charge in [0.05, 0.1) is 6.54 Å². The van der Waals surface area contributed by atoms with Gasteiger partial charge in [-0.3, -0.25) is 0 Å². The van der Waals surface area contributed by atoms with Gasteiger partial charge in [0.2, 0.25) is 0 Å². The lowest BCUT2D eigenvalue weighted by Crippen LogP contribution is -2.40. The monoisotopic (exact) mass is 315 g/mol. The molecule has 1 aliphatic rings. The van der Waals surface area contributed by atoms with Crippen molar-refractivity contribution in [3.8, 4) is 0 Å². The van der Waals surface area contributed by atoms with Crippen LogP contribution in [-0.4, -0.2) is 42.6 Å². The standard InChI is InChI=1S/C19H29N3O/c1-4-6-9-14-22(3)18(20-5-2)21-15-19(23)13-12-16-10-7-8-11-17(16)19/h4,7-8,10-11,23H,1,5-6,9,12-15H2,2-3H3,(H,20,21). The van der Waals surface area contributed by atoms with Crippen molar-refractivity contribution in [3.05, 3.63) is 48.0 Å². The largest absolute Gasteiger partial charge is 0.383 e. The van der Waals surface area contributed by atoms with Crippen LogP contribution in [0.5, 0.6) is 0 Å². The van der Waals surface area contributed by atoms with Crippen LogP contribution in [0.4, 0.5) is 0 Å². The van der Waals surface area contributed by atoms with E-state index in [0.717, 1.165) is 50.3 Å². The maximum absolute atomic E-state index is 11.0. The van der Waals surface area contributed by atoms with Crippen LogP contribution < -0.4 is 5.32 Å². The number of hydrogen-bond donors (Lipinski definition) is 2. The maximum atomic E-state index is 11.0. The van der Waals surface area contributed by atoms with E-state index in [1.54, 1.807) is 0 Å². The van der Waals surface area contributed by atoms with Gasteiger partial charge in [0.15, 0.2) is 5.96 Å². The molecule has 0 saturated carbocycles. The molecule has 0 fully saturated rings. The Balaban J connectivity index is 2.07. The van der Waals surface area contributed by atoms with Crippen LogP contribution in [0.1, 0.15) is 37.3 Å². The first-order valence-electron chi connectivity index (χ1n) is 8.52. The second kappa shape index (κ2) is 8.16. The highest BCUT2D eigenvalue weighted by molar-refractivity contribution is 5.79. The van der Waals surface area contributed by atoms with Gasteiger partial charge in [0.1, 0.15) is 5.60 Å². The maximum Gasteiger partial charge on any atom is 0.193 e. The minimum absolute atomic E-state index is 0.401. The zero-order valence-corrected chi connectivity index (χ0v) is 14.4. The molecule has 1 unspecified atom stereocenters. The minimum Gasteiger partial charge on any atom is -0.383 e. The van der Waals surface area contributed by atoms with E-state index >= 15 is 0 Å². The highest BCUT2D eigenvalue weighted by atomic mass is 16.3. The lowest BCUT2D eigenvalue weighted by atomic mass is 9.96. The normalized spacial score (nSPS) is 20.2. The summed E-state index contributed by atoms with van der Waals surface area (Å²) >= 11 is 0. The first-order valence-corrected chi connectivity index (χ1v) is 8.52. The summed E-state index contributed by atoms with van der Waals surface area (Å²) in [6, 6.07) is 8.15. The average molecular weight is 315 g/mol. The molecule has 1 atom stereocenters. The fourth-order valence-corrected chi connectivity index (χ4v) is 3.09. The van der Waals surface area contributed by atoms with Gasteiger partial charge in [-0.1, -0.05) is 30.3 Å². The van der Waals surface area contributed by atoms with E-state index in [9.17, 15) is 5.11 Å². The quantitative estimate of drug-likeness (QED) is 0.352. The minimum atomic E-state index is -0.834. The SMILES string of the molecule is C=CCCCN(C)C(=NCC1(O)CCc2ccccc21)NCC. The van der Waals surface area contributed by atoms with E-state index in [-0.39, 0.29) is 0 Å². The van der Waals surface area contributed by atoms with Crippen LogP contribution in [0.2, 0.25) is 0 Å². The third-order valence-corrected chi connectivity index (χ3v) is 4.42. The number of fused-ring (bicyclic) bond motifs is 1. The van der Waals surface area contributed by atoms with Gasteiger partial charge in [0.25, 0.3) is 0 Å². The molecule has 0 amide bonds. The first-order chi connectivity index (χ1) is 11.1. The summed E-state index contributed by atoms with van der Waals surface area (Å²) in [7, 11) is 2.04. The topological polar surface area (TPSA) is 47.9 Å². The molecule has 0 spiro atoms. The van der Waals surface area contributed by atoms with Crippen LogP contribution in [0, 0.1) is 0 Å². The molecular weight excluding hydrogens is 286 g/mol. The summed E-state index contributed by atoms with van der Waals surface area (Å²) in [6.07, 6.45) is 5.66. The number of nitrogens with zero attached hydrogens (tertiary/aromatic N) is 2. The van der Waals surface area contributed by atoms with Gasteiger partial charge in [-0.05, 0) is 43.7 Å². The lowest BCUT2D eigenvalue weighted by Gasteiger charge is -2.25. The summed E-state index contributed by atoms with van der Waals surface area (Å²) < 4.78 is 0. The molecule has 1 aliphatic carbocycles. The smallest absolute Gasteiger partial charge is 0.193 e. The Morgan fingerprint density at radius 3 is 3.00 bits per heavy atom. The number of allylic oxidation sites excluding steroid dienone is 1. The fourth-order valence-electron chi connectivity index (χ4n) is 3.09. The van der Waals surface area contributed by atoms with Crippen molar-refractivity contribution in [1.82, 2.24) is 10.2 Å². The van der Waals surface area contributed by atoms with Crippen molar-refractivity contribution in [2.75, 3.05) is 26.7 Å². The molecule has 0 heterocycles. The molecule has 23 heavy (non-hydrogen) atoms. The summed E-state index contributed by atoms with van der Waals surface area (Å²) in [6.45, 7) is 7.97. The summed E-state index contributed by atoms with van der Waals surface area (Å²) in [4.78, 5) is 6.82. The first kappa shape index (κ1) is 17.5. The Kier molecular flexibility index (Phi) is 6.22. The summed E-state index contributed by atoms with van der Waals surface area (Å²) in [5, 5.41) is 14.3. The molecule has 0 radical (unpaired) electrons. The van der Waals surface area contributed by atoms with E-state index < -0.39 is 5.60 Å². The molecule has 4 heteroatoms. The van der Waals surface area contributed by atoms with E-state index in [1.807, 2.05) is 31.3 Å². The third-order valence-electron chi connectivity index (χ3n) is 4.42. The van der Waals surface area contributed by atoms with Gasteiger partial charge < -0.3 is 15.3 Å². The van der Waals surface area contributed by atoms with Crippen LogP contribution in [-0.2, 0) is 12.0 Å². The molecule has 0 aromatic heterocycles. The van der Waals surface area contributed by atoms with Gasteiger partial charge in [0, 0.05) is 20.1 Å². The van der Waals surface area contributed by atoms with E-state index in [0.29, 0.717) is 6.54 Å². The van der Waals surface area contributed by atoms with Crippen molar-refractivity contribution in [2.24, 2.45) is 4.99 Å². The average Bonchev–Trinajstić information content (AvgIpc) is 2.90. The number of unbranched alkanes of at least 4 members (excludes halogenated alkanes) is 1. The molecule has 2 rings (SSSR count). The van der Waals surface area contributed by atoms with E-state index in [2.05, 4.69) is 29.8 Å². The molecule has 1 aromatic carbocycles. The van der Waals surface area contributed by atoms with E-state index in [1.165, 1.54) is 5.56 Å². The van der Waals surface area contributed by atoms with Crippen LogP contribution in [0.25, 0.3) is 0 Å². The highest BCUT2D eigenvalue weighted by Gasteiger charge is 2.36. The van der Waals surface area contributed by atoms with E-state index in [4.69, 9.17) is 4.99 Å². The second-order valence-corrected chi connectivity index (χ2v) is 6.21. The van der Waals surface area contributed by atoms with Crippen molar-refractivity contribution in [2.45, 2.75) is 38.2 Å². The number of rotatable bonds is 7. The Hall–Kier alpha value is -1.81. The molecule has 126 valence electrons. The number of guanidine groups is 1.